The Hall–Kier alpha value is -4.99. The zero-order valence-electron chi connectivity index (χ0n) is 20.3. The number of H-pyrrole nitrogens is 2. The molecule has 1 amide bonds. The molecule has 0 radical (unpaired) electrons. The second-order valence-electron chi connectivity index (χ2n) is 9.48. The third-order valence-electron chi connectivity index (χ3n) is 7.02. The Bertz CT molecular complexity index is 1780. The Morgan fingerprint density at radius 1 is 0.947 bits per heavy atom. The Morgan fingerprint density at radius 3 is 2.71 bits per heavy atom. The predicted octanol–water partition coefficient (Wildman–Crippen LogP) is 5.15. The van der Waals surface area contributed by atoms with Crippen molar-refractivity contribution in [1.29, 1.82) is 0 Å². The van der Waals surface area contributed by atoms with Gasteiger partial charge in [-0.1, -0.05) is 18.9 Å². The summed E-state index contributed by atoms with van der Waals surface area (Å²) in [5.74, 6) is 0.708. The molecule has 10 heteroatoms. The number of carbonyl (C=O) groups is 1. The topological polar surface area (TPSA) is 138 Å². The number of rotatable bonds is 5. The average Bonchev–Trinajstić information content (AvgIpc) is 3.73. The van der Waals surface area contributed by atoms with Crippen LogP contribution in [0.25, 0.3) is 56.1 Å². The van der Waals surface area contributed by atoms with E-state index in [2.05, 4.69) is 35.5 Å². The van der Waals surface area contributed by atoms with Crippen LogP contribution in [-0.4, -0.2) is 46.0 Å². The highest BCUT2D eigenvalue weighted by Crippen LogP contribution is 2.31. The number of nitrogens with one attached hydrogen (secondary N) is 3. The number of anilines is 1. The third kappa shape index (κ3) is 3.96. The van der Waals surface area contributed by atoms with E-state index in [0.717, 1.165) is 59.1 Å². The van der Waals surface area contributed by atoms with E-state index in [0.29, 0.717) is 28.4 Å². The lowest BCUT2D eigenvalue weighted by molar-refractivity contribution is -0.119. The summed E-state index contributed by atoms with van der Waals surface area (Å²) in [6.45, 7) is 0. The maximum atomic E-state index is 12.6. The molecule has 6 aromatic heterocycles. The number of amides is 1. The number of nitrogens with zero attached hydrogens (tertiary/aromatic N) is 6. The lowest BCUT2D eigenvalue weighted by Gasteiger charge is -2.11. The molecule has 1 aliphatic rings. The quantitative estimate of drug-likeness (QED) is 0.297. The van der Waals surface area contributed by atoms with Crippen molar-refractivity contribution in [3.05, 3.63) is 67.4 Å². The van der Waals surface area contributed by atoms with Crippen molar-refractivity contribution in [3.63, 3.8) is 0 Å². The van der Waals surface area contributed by atoms with Gasteiger partial charge in [0.2, 0.25) is 5.91 Å². The molecular formula is C28H23N9O. The average molecular weight is 502 g/mol. The van der Waals surface area contributed by atoms with Crippen LogP contribution in [-0.2, 0) is 4.79 Å². The summed E-state index contributed by atoms with van der Waals surface area (Å²) in [4.78, 5) is 38.6. The minimum absolute atomic E-state index is 0.0612. The second-order valence-corrected chi connectivity index (χ2v) is 9.48. The normalized spacial score (nSPS) is 13.9. The van der Waals surface area contributed by atoms with Crippen LogP contribution in [0.4, 0.5) is 5.69 Å². The van der Waals surface area contributed by atoms with Crippen LogP contribution >= 0.6 is 0 Å². The minimum atomic E-state index is 0.0612. The fraction of sp³-hybridized carbons (Fsp3) is 0.179. The van der Waals surface area contributed by atoms with Crippen LogP contribution in [0.15, 0.2) is 67.4 Å². The van der Waals surface area contributed by atoms with Gasteiger partial charge in [-0.3, -0.25) is 19.9 Å². The van der Waals surface area contributed by atoms with E-state index in [1.807, 2.05) is 42.6 Å². The third-order valence-corrected chi connectivity index (χ3v) is 7.02. The van der Waals surface area contributed by atoms with Crippen LogP contribution in [0.1, 0.15) is 25.7 Å². The molecule has 1 aliphatic carbocycles. The van der Waals surface area contributed by atoms with Crippen molar-refractivity contribution in [1.82, 2.24) is 40.1 Å². The van der Waals surface area contributed by atoms with Gasteiger partial charge in [-0.2, -0.15) is 5.10 Å². The van der Waals surface area contributed by atoms with Gasteiger partial charge in [0.05, 0.1) is 28.6 Å². The fourth-order valence-corrected chi connectivity index (χ4v) is 5.09. The van der Waals surface area contributed by atoms with Gasteiger partial charge in [0, 0.05) is 47.4 Å². The van der Waals surface area contributed by atoms with Gasteiger partial charge >= 0.3 is 0 Å². The molecule has 0 spiro atoms. The van der Waals surface area contributed by atoms with Gasteiger partial charge in [-0.05, 0) is 43.2 Å². The molecule has 3 N–H and O–H groups in total. The summed E-state index contributed by atoms with van der Waals surface area (Å²) in [5, 5.41) is 10.6. The highest BCUT2D eigenvalue weighted by molar-refractivity contribution is 5.95. The molecule has 0 bridgehead atoms. The number of hydrogen-bond acceptors (Lipinski definition) is 7. The van der Waals surface area contributed by atoms with Crippen molar-refractivity contribution in [2.75, 3.05) is 5.32 Å². The van der Waals surface area contributed by atoms with E-state index >= 15 is 0 Å². The first-order chi connectivity index (χ1) is 18.7. The SMILES string of the molecule is O=C(Nc1cncc(-c2ccc3[nH]nc(-c4nc5nccc(-c6cccnc6)c5[nH]4)c3n2)c1)C1CCCC1. The van der Waals surface area contributed by atoms with Crippen LogP contribution in [0.5, 0.6) is 0 Å². The number of aromatic nitrogens is 8. The van der Waals surface area contributed by atoms with Gasteiger partial charge in [-0.15, -0.1) is 0 Å². The molecule has 1 fully saturated rings. The predicted molar refractivity (Wildman–Crippen MR) is 144 cm³/mol. The molecule has 0 aromatic carbocycles. The standard InChI is InChI=1S/C28H23N9O/c38-28(16-4-1-2-5-16)32-19-12-18(14-30-15-19)21-7-8-22-24(33-21)25(37-36-22)27-34-23-20(9-11-31-26(23)35-27)17-6-3-10-29-13-17/h3,6-16H,1-2,4-5H2,(H,32,38)(H,36,37)(H,31,34,35). The maximum absolute atomic E-state index is 12.6. The second kappa shape index (κ2) is 9.15. The Morgan fingerprint density at radius 2 is 1.84 bits per heavy atom. The van der Waals surface area contributed by atoms with Crippen LogP contribution < -0.4 is 5.32 Å². The van der Waals surface area contributed by atoms with Crippen LogP contribution in [0.3, 0.4) is 0 Å². The van der Waals surface area contributed by atoms with Gasteiger partial charge in [0.25, 0.3) is 0 Å². The highest BCUT2D eigenvalue weighted by Gasteiger charge is 2.23. The molecule has 38 heavy (non-hydrogen) atoms. The molecule has 0 aliphatic heterocycles. The van der Waals surface area contributed by atoms with Gasteiger partial charge in [0.1, 0.15) is 5.52 Å². The van der Waals surface area contributed by atoms with E-state index in [1.54, 1.807) is 24.8 Å². The first kappa shape index (κ1) is 22.2. The smallest absolute Gasteiger partial charge is 0.227 e. The summed E-state index contributed by atoms with van der Waals surface area (Å²) >= 11 is 0. The molecule has 0 saturated heterocycles. The Labute approximate surface area is 217 Å². The van der Waals surface area contributed by atoms with Crippen molar-refractivity contribution in [2.45, 2.75) is 25.7 Å². The summed E-state index contributed by atoms with van der Waals surface area (Å²) in [5.41, 5.74) is 7.54. The van der Waals surface area contributed by atoms with Gasteiger partial charge < -0.3 is 10.3 Å². The highest BCUT2D eigenvalue weighted by atomic mass is 16.1. The Kier molecular flexibility index (Phi) is 5.35. The molecule has 0 unspecified atom stereocenters. The molecule has 7 rings (SSSR count). The minimum Gasteiger partial charge on any atom is -0.335 e. The van der Waals surface area contributed by atoms with Crippen molar-refractivity contribution < 1.29 is 4.79 Å². The van der Waals surface area contributed by atoms with Gasteiger partial charge in [-0.25, -0.2) is 15.0 Å². The summed E-state index contributed by atoms with van der Waals surface area (Å²) in [6, 6.07) is 11.6. The first-order valence-corrected chi connectivity index (χ1v) is 12.6. The van der Waals surface area contributed by atoms with E-state index in [4.69, 9.17) is 9.97 Å². The molecule has 0 atom stereocenters. The maximum Gasteiger partial charge on any atom is 0.227 e. The van der Waals surface area contributed by atoms with E-state index in [9.17, 15) is 4.79 Å². The molecule has 1 saturated carbocycles. The summed E-state index contributed by atoms with van der Waals surface area (Å²) in [7, 11) is 0. The van der Waals surface area contributed by atoms with E-state index in [-0.39, 0.29) is 11.8 Å². The zero-order valence-corrected chi connectivity index (χ0v) is 20.3. The molecular weight excluding hydrogens is 478 g/mol. The number of aromatic amines is 2. The van der Waals surface area contributed by atoms with Crippen LogP contribution in [0.2, 0.25) is 0 Å². The van der Waals surface area contributed by atoms with Crippen LogP contribution in [0, 0.1) is 5.92 Å². The summed E-state index contributed by atoms with van der Waals surface area (Å²) < 4.78 is 0. The largest absolute Gasteiger partial charge is 0.335 e. The zero-order chi connectivity index (χ0) is 25.5. The number of hydrogen-bond donors (Lipinski definition) is 3. The lowest BCUT2D eigenvalue weighted by atomic mass is 10.1. The van der Waals surface area contributed by atoms with Crippen molar-refractivity contribution in [2.24, 2.45) is 5.92 Å². The monoisotopic (exact) mass is 501 g/mol. The Balaban J connectivity index is 1.25. The lowest BCUT2D eigenvalue weighted by Crippen LogP contribution is -2.20. The fourth-order valence-electron chi connectivity index (χ4n) is 5.09. The first-order valence-electron chi connectivity index (χ1n) is 12.6. The molecule has 10 nitrogen and oxygen atoms in total. The van der Waals surface area contributed by atoms with Gasteiger partial charge in [0.15, 0.2) is 17.2 Å². The number of pyridine rings is 4. The summed E-state index contributed by atoms with van der Waals surface area (Å²) in [6.07, 6.45) is 12.8. The van der Waals surface area contributed by atoms with E-state index in [1.165, 1.54) is 0 Å². The number of imidazole rings is 1. The van der Waals surface area contributed by atoms with E-state index < -0.39 is 0 Å². The molecule has 6 aromatic rings. The molecule has 186 valence electrons. The van der Waals surface area contributed by atoms with Crippen molar-refractivity contribution >= 4 is 33.8 Å². The number of carbonyl (C=O) groups excluding carboxylic acids is 1. The molecule has 6 heterocycles. The number of fused-ring (bicyclic) bond motifs is 2. The van der Waals surface area contributed by atoms with Crippen molar-refractivity contribution in [3.8, 4) is 33.9 Å².